The summed E-state index contributed by atoms with van der Waals surface area (Å²) < 4.78 is 0. The van der Waals surface area contributed by atoms with Gasteiger partial charge in [-0.2, -0.15) is 0 Å². The molecule has 2 heterocycles. The normalized spacial score (nSPS) is 35.9. The SMILES string of the molecule is CCCCNC(=O)N1CC2(C)CN(C)CC2(C)C1. The zero-order valence-corrected chi connectivity index (χ0v) is 12.3. The fraction of sp³-hybridized carbons (Fsp3) is 0.929. The lowest BCUT2D eigenvalue weighted by Gasteiger charge is -2.30. The Morgan fingerprint density at radius 2 is 1.72 bits per heavy atom. The largest absolute Gasteiger partial charge is 0.338 e. The van der Waals surface area contributed by atoms with E-state index < -0.39 is 0 Å². The van der Waals surface area contributed by atoms with Crippen molar-refractivity contribution in [3.63, 3.8) is 0 Å². The third-order valence-corrected chi connectivity index (χ3v) is 4.87. The third kappa shape index (κ3) is 2.22. The number of fused-ring (bicyclic) bond motifs is 1. The summed E-state index contributed by atoms with van der Waals surface area (Å²) in [4.78, 5) is 16.5. The molecule has 0 aromatic rings. The second kappa shape index (κ2) is 4.72. The molecule has 4 nitrogen and oxygen atoms in total. The molecule has 2 unspecified atom stereocenters. The number of urea groups is 1. The molecule has 2 aliphatic rings. The second-order valence-corrected chi connectivity index (χ2v) is 6.74. The molecule has 2 rings (SSSR count). The Morgan fingerprint density at radius 1 is 1.17 bits per heavy atom. The second-order valence-electron chi connectivity index (χ2n) is 6.74. The molecule has 0 saturated carbocycles. The number of carbonyl (C=O) groups excluding carboxylic acids is 1. The molecule has 2 amide bonds. The minimum atomic E-state index is 0.128. The maximum absolute atomic E-state index is 12.1. The number of nitrogens with one attached hydrogen (secondary N) is 1. The summed E-state index contributed by atoms with van der Waals surface area (Å²) in [5.41, 5.74) is 0.508. The van der Waals surface area contributed by atoms with Crippen molar-refractivity contribution in [3.05, 3.63) is 0 Å². The number of unbranched alkanes of at least 4 members (excludes halogenated alkanes) is 1. The minimum Gasteiger partial charge on any atom is -0.338 e. The van der Waals surface area contributed by atoms with Gasteiger partial charge in [0, 0.05) is 43.6 Å². The van der Waals surface area contributed by atoms with E-state index in [0.717, 1.165) is 45.6 Å². The zero-order chi connectivity index (χ0) is 13.4. The molecule has 104 valence electrons. The molecule has 0 radical (unpaired) electrons. The van der Waals surface area contributed by atoms with E-state index in [9.17, 15) is 4.79 Å². The van der Waals surface area contributed by atoms with Crippen LogP contribution in [-0.2, 0) is 0 Å². The van der Waals surface area contributed by atoms with Crippen LogP contribution in [-0.4, -0.2) is 55.6 Å². The molecular weight excluding hydrogens is 226 g/mol. The van der Waals surface area contributed by atoms with E-state index in [1.807, 2.05) is 4.90 Å². The van der Waals surface area contributed by atoms with E-state index in [0.29, 0.717) is 0 Å². The van der Waals surface area contributed by atoms with Crippen molar-refractivity contribution in [1.29, 1.82) is 0 Å². The van der Waals surface area contributed by atoms with Crippen LogP contribution in [0, 0.1) is 10.8 Å². The quantitative estimate of drug-likeness (QED) is 0.778. The van der Waals surface area contributed by atoms with Gasteiger partial charge in [-0.1, -0.05) is 27.2 Å². The lowest BCUT2D eigenvalue weighted by atomic mass is 9.71. The highest BCUT2D eigenvalue weighted by atomic mass is 16.2. The van der Waals surface area contributed by atoms with Crippen molar-refractivity contribution in [1.82, 2.24) is 15.1 Å². The van der Waals surface area contributed by atoms with Gasteiger partial charge in [-0.3, -0.25) is 0 Å². The smallest absolute Gasteiger partial charge is 0.317 e. The standard InChI is InChI=1S/C14H27N3O/c1-5-6-7-15-12(18)17-10-13(2)8-16(4)9-14(13,3)11-17/h5-11H2,1-4H3,(H,15,18). The summed E-state index contributed by atoms with van der Waals surface area (Å²) >= 11 is 0. The zero-order valence-electron chi connectivity index (χ0n) is 12.3. The van der Waals surface area contributed by atoms with E-state index in [4.69, 9.17) is 0 Å². The van der Waals surface area contributed by atoms with Crippen LogP contribution >= 0.6 is 0 Å². The highest BCUT2D eigenvalue weighted by Crippen LogP contribution is 2.50. The molecule has 1 N–H and O–H groups in total. The molecular formula is C14H27N3O. The van der Waals surface area contributed by atoms with Gasteiger partial charge in [0.2, 0.25) is 0 Å². The summed E-state index contributed by atoms with van der Waals surface area (Å²) in [5, 5.41) is 3.03. The molecule has 0 aliphatic carbocycles. The molecule has 2 atom stereocenters. The van der Waals surface area contributed by atoms with Gasteiger partial charge in [0.05, 0.1) is 0 Å². The first-order chi connectivity index (χ1) is 8.40. The summed E-state index contributed by atoms with van der Waals surface area (Å²) in [6, 6.07) is 0.128. The van der Waals surface area contributed by atoms with Crippen molar-refractivity contribution in [2.45, 2.75) is 33.6 Å². The molecule has 2 saturated heterocycles. The molecule has 2 aliphatic heterocycles. The predicted octanol–water partition coefficient (Wildman–Crippen LogP) is 1.77. The predicted molar refractivity (Wildman–Crippen MR) is 73.6 cm³/mol. The molecule has 2 fully saturated rings. The van der Waals surface area contributed by atoms with Crippen molar-refractivity contribution >= 4 is 6.03 Å². The van der Waals surface area contributed by atoms with Gasteiger partial charge in [-0.05, 0) is 13.5 Å². The lowest BCUT2D eigenvalue weighted by Crippen LogP contribution is -2.41. The van der Waals surface area contributed by atoms with Gasteiger partial charge in [-0.25, -0.2) is 4.79 Å². The number of rotatable bonds is 3. The van der Waals surface area contributed by atoms with Gasteiger partial charge in [0.1, 0.15) is 0 Å². The van der Waals surface area contributed by atoms with Crippen molar-refractivity contribution in [2.75, 3.05) is 39.8 Å². The molecule has 0 aromatic carbocycles. The third-order valence-electron chi connectivity index (χ3n) is 4.87. The minimum absolute atomic E-state index is 0.128. The first-order valence-corrected chi connectivity index (χ1v) is 7.11. The van der Waals surface area contributed by atoms with Crippen LogP contribution < -0.4 is 5.32 Å². The van der Waals surface area contributed by atoms with Crippen LogP contribution in [0.25, 0.3) is 0 Å². The summed E-state index contributed by atoms with van der Waals surface area (Å²) in [7, 11) is 2.18. The topological polar surface area (TPSA) is 35.6 Å². The van der Waals surface area contributed by atoms with Gasteiger partial charge in [-0.15, -0.1) is 0 Å². The molecule has 18 heavy (non-hydrogen) atoms. The van der Waals surface area contributed by atoms with E-state index >= 15 is 0 Å². The highest BCUT2D eigenvalue weighted by Gasteiger charge is 2.57. The van der Waals surface area contributed by atoms with Gasteiger partial charge in [0.15, 0.2) is 0 Å². The van der Waals surface area contributed by atoms with Crippen LogP contribution in [0.3, 0.4) is 0 Å². The Bertz CT molecular complexity index is 313. The van der Waals surface area contributed by atoms with Crippen LogP contribution in [0.5, 0.6) is 0 Å². The Hall–Kier alpha value is -0.770. The fourth-order valence-corrected chi connectivity index (χ4v) is 3.64. The average molecular weight is 253 g/mol. The Morgan fingerprint density at radius 3 is 2.22 bits per heavy atom. The summed E-state index contributed by atoms with van der Waals surface area (Å²) in [5.74, 6) is 0. The van der Waals surface area contributed by atoms with Gasteiger partial charge < -0.3 is 15.1 Å². The summed E-state index contributed by atoms with van der Waals surface area (Å²) in [6.07, 6.45) is 2.19. The van der Waals surface area contributed by atoms with Crippen LogP contribution in [0.1, 0.15) is 33.6 Å². The van der Waals surface area contributed by atoms with Crippen LogP contribution in [0.4, 0.5) is 4.79 Å². The lowest BCUT2D eigenvalue weighted by molar-refractivity contribution is 0.195. The summed E-state index contributed by atoms with van der Waals surface area (Å²) in [6.45, 7) is 11.6. The average Bonchev–Trinajstić information content (AvgIpc) is 2.62. The maximum atomic E-state index is 12.1. The van der Waals surface area contributed by atoms with Crippen molar-refractivity contribution in [3.8, 4) is 0 Å². The van der Waals surface area contributed by atoms with E-state index in [1.54, 1.807) is 0 Å². The van der Waals surface area contributed by atoms with Crippen LogP contribution in [0.2, 0.25) is 0 Å². The maximum Gasteiger partial charge on any atom is 0.317 e. The Balaban J connectivity index is 1.94. The van der Waals surface area contributed by atoms with Gasteiger partial charge in [0.25, 0.3) is 0 Å². The van der Waals surface area contributed by atoms with Crippen LogP contribution in [0.15, 0.2) is 0 Å². The Labute approximate surface area is 111 Å². The number of amides is 2. The monoisotopic (exact) mass is 253 g/mol. The molecule has 4 heteroatoms. The Kier molecular flexibility index (Phi) is 3.58. The fourth-order valence-electron chi connectivity index (χ4n) is 3.64. The molecule has 0 bridgehead atoms. The number of carbonyl (C=O) groups is 1. The van der Waals surface area contributed by atoms with E-state index in [-0.39, 0.29) is 16.9 Å². The van der Waals surface area contributed by atoms with Gasteiger partial charge >= 0.3 is 6.03 Å². The van der Waals surface area contributed by atoms with E-state index in [1.165, 1.54) is 0 Å². The van der Waals surface area contributed by atoms with Crippen molar-refractivity contribution in [2.24, 2.45) is 10.8 Å². The van der Waals surface area contributed by atoms with Crippen molar-refractivity contribution < 1.29 is 4.79 Å². The molecule has 0 spiro atoms. The number of likely N-dealkylation sites (tertiary alicyclic amines) is 2. The first-order valence-electron chi connectivity index (χ1n) is 7.11. The van der Waals surface area contributed by atoms with E-state index in [2.05, 4.69) is 38.0 Å². The number of hydrogen-bond donors (Lipinski definition) is 1. The first kappa shape index (κ1) is 13.7. The number of hydrogen-bond acceptors (Lipinski definition) is 2. The molecule has 0 aromatic heterocycles. The number of nitrogens with zero attached hydrogens (tertiary/aromatic N) is 2. The highest BCUT2D eigenvalue weighted by molar-refractivity contribution is 5.74.